The molecule has 3 N–H and O–H groups in total. The average Bonchev–Trinajstić information content (AvgIpc) is 3.43. The fourth-order valence-electron chi connectivity index (χ4n) is 3.88. The first-order valence-electron chi connectivity index (χ1n) is 10.6. The van der Waals surface area contributed by atoms with E-state index < -0.39 is 11.6 Å². The molecule has 35 heavy (non-hydrogen) atoms. The third kappa shape index (κ3) is 4.36. The number of benzene rings is 2. The van der Waals surface area contributed by atoms with Crippen LogP contribution in [0.4, 0.5) is 26.2 Å². The highest BCUT2D eigenvalue weighted by Crippen LogP contribution is 2.36. The van der Waals surface area contributed by atoms with Crippen molar-refractivity contribution in [2.45, 2.75) is 33.4 Å². The Labute approximate surface area is 198 Å². The number of carbonyl (C=O) groups excluding carboxylic acids is 2. The second kappa shape index (κ2) is 9.40. The van der Waals surface area contributed by atoms with Gasteiger partial charge in [-0.1, -0.05) is 18.2 Å². The zero-order chi connectivity index (χ0) is 25.3. The lowest BCUT2D eigenvalue weighted by Crippen LogP contribution is -2.07. The molecule has 3 heterocycles. The molecule has 1 aliphatic rings. The summed E-state index contributed by atoms with van der Waals surface area (Å²) in [4.78, 5) is 29.5. The first-order valence-corrected chi connectivity index (χ1v) is 10.6. The smallest absolute Gasteiger partial charge is 0.373 e. The van der Waals surface area contributed by atoms with Crippen molar-refractivity contribution in [3.05, 3.63) is 58.7 Å². The van der Waals surface area contributed by atoms with Crippen molar-refractivity contribution in [1.29, 1.82) is 0 Å². The van der Waals surface area contributed by atoms with Gasteiger partial charge >= 0.3 is 6.15 Å². The molecule has 2 aromatic carbocycles. The monoisotopic (exact) mass is 477 g/mol. The molecule has 9 nitrogen and oxygen atoms in total. The van der Waals surface area contributed by atoms with E-state index in [9.17, 15) is 8.78 Å². The topological polar surface area (TPSA) is 128 Å². The summed E-state index contributed by atoms with van der Waals surface area (Å²) in [5.41, 5.74) is 10.7. The molecular formula is C24H21F2N7O2. The zero-order valence-corrected chi connectivity index (χ0v) is 19.1. The van der Waals surface area contributed by atoms with Gasteiger partial charge in [-0.15, -0.1) is 0 Å². The Morgan fingerprint density at radius 2 is 1.89 bits per heavy atom. The van der Waals surface area contributed by atoms with Crippen LogP contribution in [-0.2, 0) is 16.1 Å². The molecular weight excluding hydrogens is 456 g/mol. The van der Waals surface area contributed by atoms with Crippen molar-refractivity contribution in [3.63, 3.8) is 0 Å². The van der Waals surface area contributed by atoms with Crippen molar-refractivity contribution in [2.75, 3.05) is 11.1 Å². The molecule has 0 saturated carbocycles. The molecule has 0 atom stereocenters. The lowest BCUT2D eigenvalue weighted by atomic mass is 10.00. The number of aromatic nitrogens is 4. The molecule has 0 unspecified atom stereocenters. The molecule has 0 aliphatic carbocycles. The number of nitrogen functional groups attached to an aromatic ring is 1. The molecule has 0 fully saturated rings. The lowest BCUT2D eigenvalue weighted by Gasteiger charge is -2.10. The molecule has 0 spiro atoms. The van der Waals surface area contributed by atoms with E-state index in [1.54, 1.807) is 4.68 Å². The van der Waals surface area contributed by atoms with Crippen LogP contribution in [-0.4, -0.2) is 32.1 Å². The van der Waals surface area contributed by atoms with Gasteiger partial charge in [-0.05, 0) is 38.0 Å². The summed E-state index contributed by atoms with van der Waals surface area (Å²) in [7, 11) is 0. The maximum absolute atomic E-state index is 14.3. The summed E-state index contributed by atoms with van der Waals surface area (Å²) < 4.78 is 30.1. The Hall–Kier alpha value is -4.50. The molecule has 0 radical (unpaired) electrons. The number of nitrogens with zero attached hydrogens (tertiary/aromatic N) is 5. The summed E-state index contributed by atoms with van der Waals surface area (Å²) in [6.45, 7) is 6.09. The number of aryl methyl sites for hydroxylation is 1. The highest BCUT2D eigenvalue weighted by atomic mass is 19.1. The van der Waals surface area contributed by atoms with Crippen molar-refractivity contribution < 1.29 is 18.4 Å². The molecule has 1 aliphatic heterocycles. The molecule has 11 heteroatoms. The lowest BCUT2D eigenvalue weighted by molar-refractivity contribution is -0.191. The number of aliphatic imine (C=N–C) groups is 1. The number of hydrogen-bond donors (Lipinski definition) is 2. The van der Waals surface area contributed by atoms with E-state index in [0.717, 1.165) is 28.8 Å². The minimum absolute atomic E-state index is 0.0209. The number of anilines is 3. The highest BCUT2D eigenvalue weighted by Gasteiger charge is 2.23. The van der Waals surface area contributed by atoms with Crippen molar-refractivity contribution in [2.24, 2.45) is 4.99 Å². The molecule has 0 saturated heterocycles. The van der Waals surface area contributed by atoms with Gasteiger partial charge in [0.25, 0.3) is 0 Å². The number of fused-ring (bicyclic) bond motifs is 2. The van der Waals surface area contributed by atoms with Crippen molar-refractivity contribution >= 4 is 40.9 Å². The summed E-state index contributed by atoms with van der Waals surface area (Å²) in [5, 5.41) is 8.16. The van der Waals surface area contributed by atoms with Crippen LogP contribution in [0.1, 0.15) is 36.6 Å². The maximum atomic E-state index is 14.3. The van der Waals surface area contributed by atoms with Gasteiger partial charge < -0.3 is 11.1 Å². The fourth-order valence-corrected chi connectivity index (χ4v) is 3.88. The Kier molecular flexibility index (Phi) is 6.35. The number of halogens is 2. The van der Waals surface area contributed by atoms with Gasteiger partial charge in [0.15, 0.2) is 5.65 Å². The number of nitrogens with two attached hydrogens (primary N) is 1. The van der Waals surface area contributed by atoms with Crippen LogP contribution in [0.15, 0.2) is 35.3 Å². The quantitative estimate of drug-likeness (QED) is 0.448. The van der Waals surface area contributed by atoms with E-state index in [0.29, 0.717) is 23.3 Å². The predicted octanol–water partition coefficient (Wildman–Crippen LogP) is 4.34. The molecule has 5 rings (SSSR count). The number of hydrogen-bond acceptors (Lipinski definition) is 8. The van der Waals surface area contributed by atoms with E-state index in [-0.39, 0.29) is 35.2 Å². The second-order valence-corrected chi connectivity index (χ2v) is 8.16. The van der Waals surface area contributed by atoms with Crippen LogP contribution in [0.5, 0.6) is 0 Å². The Balaban J connectivity index is 0.000000917. The van der Waals surface area contributed by atoms with Gasteiger partial charge in [0.05, 0.1) is 17.6 Å². The maximum Gasteiger partial charge on any atom is 0.373 e. The number of nitrogens with one attached hydrogen (secondary N) is 1. The second-order valence-electron chi connectivity index (χ2n) is 8.16. The van der Waals surface area contributed by atoms with Gasteiger partial charge in [0.1, 0.15) is 23.1 Å². The van der Waals surface area contributed by atoms with Crippen molar-refractivity contribution in [1.82, 2.24) is 19.7 Å². The SMILES string of the molecule is Cc1cc(F)c(Nc2nc(N)c3c(-c4cccc5c4C=NC5)nn(C(C)C)c3n2)cc1F.O=C=O. The van der Waals surface area contributed by atoms with Gasteiger partial charge in [-0.3, -0.25) is 4.99 Å². The molecule has 2 aromatic heterocycles. The Morgan fingerprint density at radius 3 is 2.60 bits per heavy atom. The van der Waals surface area contributed by atoms with Crippen LogP contribution in [0.3, 0.4) is 0 Å². The first kappa shape index (κ1) is 23.7. The van der Waals surface area contributed by atoms with Crippen LogP contribution in [0, 0.1) is 18.6 Å². The normalized spacial score (nSPS) is 11.8. The van der Waals surface area contributed by atoms with Gasteiger partial charge in [0.2, 0.25) is 5.95 Å². The third-order valence-electron chi connectivity index (χ3n) is 5.50. The van der Waals surface area contributed by atoms with Crippen LogP contribution in [0.25, 0.3) is 22.3 Å². The summed E-state index contributed by atoms with van der Waals surface area (Å²) in [6.07, 6.45) is 2.09. The standard InChI is InChI=1S/C23H21F2N7.CO2/c1-11(2)32-22-19(20(31-32)14-6-4-5-13-9-27-10-15(13)14)21(26)29-23(30-22)28-18-8-16(24)12(3)7-17(18)25;2-1-3/h4-8,10-11H,9H2,1-3H3,(H3,26,28,29,30);. The van der Waals surface area contributed by atoms with Gasteiger partial charge in [0, 0.05) is 29.4 Å². The predicted molar refractivity (Wildman–Crippen MR) is 126 cm³/mol. The highest BCUT2D eigenvalue weighted by molar-refractivity contribution is 6.04. The summed E-state index contributed by atoms with van der Waals surface area (Å²) in [5.74, 6) is -0.884. The van der Waals surface area contributed by atoms with Crippen LogP contribution >= 0.6 is 0 Å². The zero-order valence-electron chi connectivity index (χ0n) is 19.1. The van der Waals surface area contributed by atoms with E-state index in [4.69, 9.17) is 20.4 Å². The molecule has 178 valence electrons. The fraction of sp³-hybridized carbons (Fsp3) is 0.208. The minimum Gasteiger partial charge on any atom is -0.383 e. The van der Waals surface area contributed by atoms with Gasteiger partial charge in [-0.25, -0.2) is 13.5 Å². The van der Waals surface area contributed by atoms with E-state index in [1.807, 2.05) is 38.3 Å². The molecule has 0 bridgehead atoms. The summed E-state index contributed by atoms with van der Waals surface area (Å²) in [6, 6.07) is 8.14. The summed E-state index contributed by atoms with van der Waals surface area (Å²) >= 11 is 0. The Morgan fingerprint density at radius 1 is 1.14 bits per heavy atom. The van der Waals surface area contributed by atoms with Gasteiger partial charge in [-0.2, -0.15) is 24.7 Å². The van der Waals surface area contributed by atoms with E-state index in [1.165, 1.54) is 6.92 Å². The van der Waals surface area contributed by atoms with Crippen molar-refractivity contribution in [3.8, 4) is 11.3 Å². The first-order chi connectivity index (χ1) is 16.7. The van der Waals surface area contributed by atoms with E-state index >= 15 is 0 Å². The molecule has 0 amide bonds. The largest absolute Gasteiger partial charge is 0.383 e. The minimum atomic E-state index is -0.608. The number of rotatable bonds is 4. The average molecular weight is 477 g/mol. The van der Waals surface area contributed by atoms with E-state index in [2.05, 4.69) is 20.3 Å². The Bertz CT molecular complexity index is 1510. The van der Waals surface area contributed by atoms with Crippen LogP contribution < -0.4 is 11.1 Å². The molecule has 4 aromatic rings. The van der Waals surface area contributed by atoms with Crippen LogP contribution in [0.2, 0.25) is 0 Å². The third-order valence-corrected chi connectivity index (χ3v) is 5.50.